The highest BCUT2D eigenvalue weighted by Crippen LogP contribution is 2.16. The summed E-state index contributed by atoms with van der Waals surface area (Å²) >= 11 is 1.59. The maximum absolute atomic E-state index is 11.9. The largest absolute Gasteiger partial charge is 0.369 e. The predicted octanol–water partition coefficient (Wildman–Crippen LogP) is 1.90. The summed E-state index contributed by atoms with van der Waals surface area (Å²) in [5, 5.41) is 16.7. The number of carbonyl (C=O) groups is 1. The first-order chi connectivity index (χ1) is 9.70. The Balaban J connectivity index is 1.88. The minimum Gasteiger partial charge on any atom is -0.369 e. The second-order valence-corrected chi connectivity index (χ2v) is 5.24. The lowest BCUT2D eigenvalue weighted by molar-refractivity contribution is 0.0945. The van der Waals surface area contributed by atoms with Gasteiger partial charge in [0.05, 0.1) is 5.01 Å². The number of nitrogens with zero attached hydrogens (tertiary/aromatic N) is 3. The van der Waals surface area contributed by atoms with Crippen molar-refractivity contribution in [3.05, 3.63) is 34.4 Å². The molecule has 2 heterocycles. The van der Waals surface area contributed by atoms with E-state index in [2.05, 4.69) is 25.8 Å². The smallest absolute Gasteiger partial charge is 0.271 e. The van der Waals surface area contributed by atoms with Gasteiger partial charge in [-0.25, -0.2) is 4.98 Å². The zero-order valence-electron chi connectivity index (χ0n) is 11.5. The first kappa shape index (κ1) is 14.4. The quantitative estimate of drug-likeness (QED) is 0.849. The number of hydrogen-bond donors (Lipinski definition) is 2. The average molecular weight is 291 g/mol. The Hall–Kier alpha value is -2.02. The third-order valence-corrected chi connectivity index (χ3v) is 3.70. The Morgan fingerprint density at radius 1 is 1.40 bits per heavy atom. The Morgan fingerprint density at radius 3 is 2.85 bits per heavy atom. The highest BCUT2D eigenvalue weighted by atomic mass is 32.1. The molecule has 20 heavy (non-hydrogen) atoms. The van der Waals surface area contributed by atoms with Gasteiger partial charge in [-0.1, -0.05) is 6.92 Å². The van der Waals surface area contributed by atoms with Crippen LogP contribution in [0.5, 0.6) is 0 Å². The Labute approximate surface area is 121 Å². The van der Waals surface area contributed by atoms with Crippen molar-refractivity contribution in [2.75, 3.05) is 18.4 Å². The van der Waals surface area contributed by atoms with Gasteiger partial charge in [-0.2, -0.15) is 0 Å². The molecule has 2 N–H and O–H groups in total. The second-order valence-electron chi connectivity index (χ2n) is 4.32. The van der Waals surface area contributed by atoms with E-state index in [0.717, 1.165) is 11.6 Å². The van der Waals surface area contributed by atoms with Crippen molar-refractivity contribution < 1.29 is 4.79 Å². The summed E-state index contributed by atoms with van der Waals surface area (Å²) in [4.78, 5) is 16.2. The zero-order valence-corrected chi connectivity index (χ0v) is 12.3. The Morgan fingerprint density at radius 2 is 2.25 bits per heavy atom. The van der Waals surface area contributed by atoms with Gasteiger partial charge in [0.2, 0.25) is 0 Å². The molecule has 0 aromatic carbocycles. The lowest BCUT2D eigenvalue weighted by Crippen LogP contribution is -2.28. The van der Waals surface area contributed by atoms with Crippen LogP contribution in [0.1, 0.15) is 35.3 Å². The van der Waals surface area contributed by atoms with Crippen LogP contribution in [0.15, 0.2) is 23.7 Å². The molecule has 0 bridgehead atoms. The van der Waals surface area contributed by atoms with Crippen LogP contribution in [0, 0.1) is 0 Å². The molecule has 0 aliphatic heterocycles. The first-order valence-corrected chi connectivity index (χ1v) is 7.34. The van der Waals surface area contributed by atoms with E-state index < -0.39 is 0 Å². The SMILES string of the molecule is CCNc1ccc(C(=O)NCC(C)c2nccs2)nn1. The molecule has 1 unspecified atom stereocenters. The number of amides is 1. The van der Waals surface area contributed by atoms with Crippen LogP contribution in [0.3, 0.4) is 0 Å². The van der Waals surface area contributed by atoms with E-state index in [1.165, 1.54) is 0 Å². The Kier molecular flexibility index (Phi) is 5.00. The van der Waals surface area contributed by atoms with E-state index in [-0.39, 0.29) is 11.8 Å². The van der Waals surface area contributed by atoms with Gasteiger partial charge in [0.15, 0.2) is 5.69 Å². The molecule has 0 aliphatic rings. The molecular weight excluding hydrogens is 274 g/mol. The highest BCUT2D eigenvalue weighted by Gasteiger charge is 2.12. The standard InChI is InChI=1S/C13H17N5OS/c1-3-14-11-5-4-10(17-18-11)12(19)16-8-9(2)13-15-6-7-20-13/h4-7,9H,3,8H2,1-2H3,(H,14,18)(H,16,19). The molecule has 2 aromatic heterocycles. The molecule has 2 aromatic rings. The van der Waals surface area contributed by atoms with Crippen molar-refractivity contribution >= 4 is 23.1 Å². The summed E-state index contributed by atoms with van der Waals surface area (Å²) in [6, 6.07) is 3.41. The molecule has 6 nitrogen and oxygen atoms in total. The molecule has 2 rings (SSSR count). The topological polar surface area (TPSA) is 79.8 Å². The lowest BCUT2D eigenvalue weighted by atomic mass is 10.2. The van der Waals surface area contributed by atoms with Crippen LogP contribution in [0.2, 0.25) is 0 Å². The van der Waals surface area contributed by atoms with Crippen molar-refractivity contribution in [1.82, 2.24) is 20.5 Å². The van der Waals surface area contributed by atoms with E-state index in [1.54, 1.807) is 29.7 Å². The number of nitrogens with one attached hydrogen (secondary N) is 2. The molecule has 0 spiro atoms. The molecule has 1 atom stereocenters. The van der Waals surface area contributed by atoms with Crippen LogP contribution in [-0.4, -0.2) is 34.2 Å². The summed E-state index contributed by atoms with van der Waals surface area (Å²) in [7, 11) is 0. The molecule has 0 fully saturated rings. The Bertz CT molecular complexity index is 540. The van der Waals surface area contributed by atoms with Crippen LogP contribution >= 0.6 is 11.3 Å². The first-order valence-electron chi connectivity index (χ1n) is 6.46. The maximum atomic E-state index is 11.9. The number of aromatic nitrogens is 3. The van der Waals surface area contributed by atoms with E-state index in [4.69, 9.17) is 0 Å². The zero-order chi connectivity index (χ0) is 14.4. The fraction of sp³-hybridized carbons (Fsp3) is 0.385. The van der Waals surface area contributed by atoms with E-state index in [0.29, 0.717) is 18.1 Å². The normalized spacial score (nSPS) is 11.9. The lowest BCUT2D eigenvalue weighted by Gasteiger charge is -2.09. The van der Waals surface area contributed by atoms with Crippen molar-refractivity contribution in [3.8, 4) is 0 Å². The third kappa shape index (κ3) is 3.74. The molecular formula is C13H17N5OS. The highest BCUT2D eigenvalue weighted by molar-refractivity contribution is 7.09. The number of hydrogen-bond acceptors (Lipinski definition) is 6. The fourth-order valence-corrected chi connectivity index (χ4v) is 2.33. The number of rotatable bonds is 6. The molecule has 0 radical (unpaired) electrons. The van der Waals surface area contributed by atoms with Crippen molar-refractivity contribution in [2.45, 2.75) is 19.8 Å². The van der Waals surface area contributed by atoms with Gasteiger partial charge in [0.25, 0.3) is 5.91 Å². The summed E-state index contributed by atoms with van der Waals surface area (Å²) < 4.78 is 0. The van der Waals surface area contributed by atoms with Crippen molar-refractivity contribution in [1.29, 1.82) is 0 Å². The third-order valence-electron chi connectivity index (χ3n) is 2.70. The van der Waals surface area contributed by atoms with Crippen molar-refractivity contribution in [2.24, 2.45) is 0 Å². The van der Waals surface area contributed by atoms with Gasteiger partial charge in [0.1, 0.15) is 5.82 Å². The van der Waals surface area contributed by atoms with Crippen molar-refractivity contribution in [3.63, 3.8) is 0 Å². The summed E-state index contributed by atoms with van der Waals surface area (Å²) in [5.41, 5.74) is 0.318. The number of anilines is 1. The molecule has 0 saturated heterocycles. The molecule has 7 heteroatoms. The van der Waals surface area contributed by atoms with Crippen LogP contribution in [0.4, 0.5) is 5.82 Å². The summed E-state index contributed by atoms with van der Waals surface area (Å²) in [6.45, 7) is 5.30. The van der Waals surface area contributed by atoms with Crippen LogP contribution < -0.4 is 10.6 Å². The van der Waals surface area contributed by atoms with Gasteiger partial charge in [0, 0.05) is 30.6 Å². The van der Waals surface area contributed by atoms with E-state index in [9.17, 15) is 4.79 Å². The summed E-state index contributed by atoms with van der Waals surface area (Å²) in [5.74, 6) is 0.636. The predicted molar refractivity (Wildman–Crippen MR) is 79.1 cm³/mol. The van der Waals surface area contributed by atoms with Gasteiger partial charge < -0.3 is 10.6 Å². The van der Waals surface area contributed by atoms with Gasteiger partial charge >= 0.3 is 0 Å². The summed E-state index contributed by atoms with van der Waals surface area (Å²) in [6.07, 6.45) is 1.77. The minimum absolute atomic E-state index is 0.188. The van der Waals surface area contributed by atoms with Gasteiger partial charge in [-0.3, -0.25) is 4.79 Å². The van der Waals surface area contributed by atoms with Gasteiger partial charge in [-0.05, 0) is 19.1 Å². The van der Waals surface area contributed by atoms with E-state index >= 15 is 0 Å². The average Bonchev–Trinajstić information content (AvgIpc) is 3.00. The fourth-order valence-electron chi connectivity index (χ4n) is 1.63. The monoisotopic (exact) mass is 291 g/mol. The second kappa shape index (κ2) is 6.95. The number of thiazole rings is 1. The molecule has 0 aliphatic carbocycles. The van der Waals surface area contributed by atoms with Crippen LogP contribution in [-0.2, 0) is 0 Å². The van der Waals surface area contributed by atoms with Gasteiger partial charge in [-0.15, -0.1) is 21.5 Å². The molecule has 1 amide bonds. The van der Waals surface area contributed by atoms with Crippen LogP contribution in [0.25, 0.3) is 0 Å². The van der Waals surface area contributed by atoms with E-state index in [1.807, 2.05) is 19.2 Å². The molecule has 106 valence electrons. The molecule has 0 saturated carbocycles. The maximum Gasteiger partial charge on any atom is 0.271 e. The minimum atomic E-state index is -0.219. The number of carbonyl (C=O) groups excluding carboxylic acids is 1.